The molecule has 2 unspecified atom stereocenters. The van der Waals surface area contributed by atoms with E-state index in [1.165, 1.54) is 45.2 Å². The third-order valence-corrected chi connectivity index (χ3v) is 6.27. The average Bonchev–Trinajstić information content (AvgIpc) is 3.01. The Morgan fingerprint density at radius 2 is 1.89 bits per heavy atom. The Morgan fingerprint density at radius 1 is 1.26 bits per heavy atom. The molecule has 2 fully saturated rings. The first-order valence-corrected chi connectivity index (χ1v) is 8.13. The molecule has 0 aromatic heterocycles. The van der Waals surface area contributed by atoms with Gasteiger partial charge in [0, 0.05) is 24.6 Å². The van der Waals surface area contributed by atoms with Crippen LogP contribution < -0.4 is 5.73 Å². The van der Waals surface area contributed by atoms with Crippen LogP contribution >= 0.6 is 0 Å². The van der Waals surface area contributed by atoms with Crippen molar-refractivity contribution in [3.63, 3.8) is 0 Å². The molecule has 0 amide bonds. The van der Waals surface area contributed by atoms with E-state index in [0.29, 0.717) is 11.3 Å². The van der Waals surface area contributed by atoms with Crippen molar-refractivity contribution in [2.45, 2.75) is 58.4 Å². The van der Waals surface area contributed by atoms with Gasteiger partial charge in [0.05, 0.1) is 6.61 Å². The highest BCUT2D eigenvalue weighted by atomic mass is 16.5. The molecule has 2 atom stereocenters. The minimum atomic E-state index is 0.143. The maximum Gasteiger partial charge on any atom is 0.0513 e. The van der Waals surface area contributed by atoms with Crippen molar-refractivity contribution in [1.29, 1.82) is 0 Å². The fraction of sp³-hybridized carbons (Fsp3) is 1.00. The van der Waals surface area contributed by atoms with Gasteiger partial charge in [-0.05, 0) is 44.7 Å². The maximum atomic E-state index is 6.15. The third kappa shape index (κ3) is 2.84. The molecule has 0 aromatic carbocycles. The van der Waals surface area contributed by atoms with Crippen LogP contribution in [0.25, 0.3) is 0 Å². The summed E-state index contributed by atoms with van der Waals surface area (Å²) in [6.07, 6.45) is 6.50. The smallest absolute Gasteiger partial charge is 0.0513 e. The molecular formula is C16H32N2O. The molecule has 3 heteroatoms. The summed E-state index contributed by atoms with van der Waals surface area (Å²) in [7, 11) is 0. The number of ether oxygens (including phenoxy) is 1. The number of hydrogen-bond acceptors (Lipinski definition) is 3. The van der Waals surface area contributed by atoms with Crippen LogP contribution in [0.3, 0.4) is 0 Å². The van der Waals surface area contributed by atoms with Gasteiger partial charge < -0.3 is 10.5 Å². The van der Waals surface area contributed by atoms with E-state index in [0.717, 1.165) is 19.8 Å². The number of likely N-dealkylation sites (tertiary alicyclic amines) is 1. The van der Waals surface area contributed by atoms with Gasteiger partial charge >= 0.3 is 0 Å². The molecule has 0 spiro atoms. The lowest BCUT2D eigenvalue weighted by atomic mass is 9.72. The van der Waals surface area contributed by atoms with E-state index in [4.69, 9.17) is 10.5 Å². The molecule has 2 aliphatic rings. The zero-order chi connectivity index (χ0) is 13.9. The topological polar surface area (TPSA) is 38.5 Å². The van der Waals surface area contributed by atoms with E-state index >= 15 is 0 Å². The minimum Gasteiger partial charge on any atom is -0.381 e. The summed E-state index contributed by atoms with van der Waals surface area (Å²) >= 11 is 0. The van der Waals surface area contributed by atoms with Gasteiger partial charge in [-0.1, -0.05) is 26.7 Å². The van der Waals surface area contributed by atoms with Crippen molar-refractivity contribution in [2.75, 3.05) is 32.8 Å². The largest absolute Gasteiger partial charge is 0.381 e. The third-order valence-electron chi connectivity index (χ3n) is 6.27. The number of rotatable bonds is 5. The maximum absolute atomic E-state index is 6.15. The van der Waals surface area contributed by atoms with Crippen LogP contribution in [0.1, 0.15) is 52.9 Å². The van der Waals surface area contributed by atoms with Crippen LogP contribution in [-0.2, 0) is 4.74 Å². The number of piperidine rings is 1. The molecule has 2 heterocycles. The van der Waals surface area contributed by atoms with E-state index in [-0.39, 0.29) is 5.54 Å². The SMILES string of the molecule is CCC1(CC)CCN(C(C)(CN)C2CCOC2)CC1. The Kier molecular flexibility index (Phi) is 4.91. The molecule has 0 radical (unpaired) electrons. The van der Waals surface area contributed by atoms with Crippen molar-refractivity contribution in [3.8, 4) is 0 Å². The van der Waals surface area contributed by atoms with Gasteiger partial charge in [0.15, 0.2) is 0 Å². The van der Waals surface area contributed by atoms with E-state index in [1.807, 2.05) is 0 Å². The van der Waals surface area contributed by atoms with Crippen molar-refractivity contribution in [1.82, 2.24) is 4.90 Å². The molecule has 2 saturated heterocycles. The van der Waals surface area contributed by atoms with Crippen molar-refractivity contribution in [3.05, 3.63) is 0 Å². The van der Waals surface area contributed by atoms with Gasteiger partial charge in [-0.15, -0.1) is 0 Å². The highest BCUT2D eigenvalue weighted by Crippen LogP contribution is 2.41. The normalized spacial score (nSPS) is 31.3. The van der Waals surface area contributed by atoms with Crippen LogP contribution in [0.15, 0.2) is 0 Å². The first-order valence-electron chi connectivity index (χ1n) is 8.13. The molecule has 2 aliphatic heterocycles. The highest BCUT2D eigenvalue weighted by Gasteiger charge is 2.43. The lowest BCUT2D eigenvalue weighted by Crippen LogP contribution is -2.59. The fourth-order valence-electron chi connectivity index (χ4n) is 4.03. The fourth-order valence-corrected chi connectivity index (χ4v) is 4.03. The van der Waals surface area contributed by atoms with E-state index in [9.17, 15) is 0 Å². The Balaban J connectivity index is 2.02. The summed E-state index contributed by atoms with van der Waals surface area (Å²) in [6, 6.07) is 0. The van der Waals surface area contributed by atoms with E-state index in [2.05, 4.69) is 25.7 Å². The Labute approximate surface area is 118 Å². The summed E-state index contributed by atoms with van der Waals surface area (Å²) in [6.45, 7) is 12.1. The molecule has 0 bridgehead atoms. The van der Waals surface area contributed by atoms with Gasteiger partial charge in [0.2, 0.25) is 0 Å². The first kappa shape index (κ1) is 15.3. The van der Waals surface area contributed by atoms with Crippen LogP contribution in [0.4, 0.5) is 0 Å². The predicted molar refractivity (Wildman–Crippen MR) is 80.2 cm³/mol. The summed E-state index contributed by atoms with van der Waals surface area (Å²) in [4.78, 5) is 2.66. The lowest BCUT2D eigenvalue weighted by Gasteiger charge is -2.50. The van der Waals surface area contributed by atoms with Gasteiger partial charge in [0.25, 0.3) is 0 Å². The Hall–Kier alpha value is -0.120. The summed E-state index contributed by atoms with van der Waals surface area (Å²) in [5.41, 5.74) is 6.89. The van der Waals surface area contributed by atoms with Crippen LogP contribution in [-0.4, -0.2) is 43.3 Å². The standard InChI is InChI=1S/C16H32N2O/c1-4-16(5-2)7-9-18(10-8-16)15(3,13-17)14-6-11-19-12-14/h14H,4-13,17H2,1-3H3. The number of nitrogens with two attached hydrogens (primary N) is 1. The Bertz CT molecular complexity index is 274. The minimum absolute atomic E-state index is 0.143. The van der Waals surface area contributed by atoms with Gasteiger partial charge in [-0.25, -0.2) is 0 Å². The van der Waals surface area contributed by atoms with Crippen molar-refractivity contribution in [2.24, 2.45) is 17.1 Å². The quantitative estimate of drug-likeness (QED) is 0.833. The van der Waals surface area contributed by atoms with Crippen molar-refractivity contribution >= 4 is 0 Å². The molecule has 19 heavy (non-hydrogen) atoms. The van der Waals surface area contributed by atoms with Crippen LogP contribution in [0.5, 0.6) is 0 Å². The van der Waals surface area contributed by atoms with Gasteiger partial charge in [-0.3, -0.25) is 4.90 Å². The monoisotopic (exact) mass is 268 g/mol. The molecule has 0 aromatic rings. The van der Waals surface area contributed by atoms with Crippen molar-refractivity contribution < 1.29 is 4.74 Å². The van der Waals surface area contributed by atoms with Gasteiger partial charge in [0.1, 0.15) is 0 Å². The molecule has 3 nitrogen and oxygen atoms in total. The Morgan fingerprint density at radius 3 is 2.32 bits per heavy atom. The van der Waals surface area contributed by atoms with Gasteiger partial charge in [-0.2, -0.15) is 0 Å². The molecular weight excluding hydrogens is 236 g/mol. The van der Waals surface area contributed by atoms with Crippen LogP contribution in [0, 0.1) is 11.3 Å². The first-order chi connectivity index (χ1) is 9.10. The average molecular weight is 268 g/mol. The lowest BCUT2D eigenvalue weighted by molar-refractivity contribution is -0.00856. The second-order valence-corrected chi connectivity index (χ2v) is 6.82. The zero-order valence-electron chi connectivity index (χ0n) is 13.1. The molecule has 112 valence electrons. The number of nitrogens with zero attached hydrogens (tertiary/aromatic N) is 1. The summed E-state index contributed by atoms with van der Waals surface area (Å²) in [5.74, 6) is 0.619. The predicted octanol–water partition coefficient (Wildman–Crippen LogP) is 2.64. The molecule has 2 rings (SSSR count). The summed E-state index contributed by atoms with van der Waals surface area (Å²) in [5, 5.41) is 0. The number of hydrogen-bond donors (Lipinski definition) is 1. The molecule has 2 N–H and O–H groups in total. The van der Waals surface area contributed by atoms with Crippen LogP contribution in [0.2, 0.25) is 0 Å². The molecule has 0 aliphatic carbocycles. The highest BCUT2D eigenvalue weighted by molar-refractivity contribution is 4.98. The zero-order valence-corrected chi connectivity index (χ0v) is 13.1. The second kappa shape index (κ2) is 6.11. The van der Waals surface area contributed by atoms with E-state index in [1.54, 1.807) is 0 Å². The van der Waals surface area contributed by atoms with E-state index < -0.39 is 0 Å². The molecule has 0 saturated carbocycles. The summed E-state index contributed by atoms with van der Waals surface area (Å²) < 4.78 is 5.60. The second-order valence-electron chi connectivity index (χ2n) is 6.82.